The van der Waals surface area contributed by atoms with Crippen LogP contribution in [0, 0.1) is 0 Å². The van der Waals surface area contributed by atoms with E-state index in [-0.39, 0.29) is 12.5 Å². The maximum absolute atomic E-state index is 10.1. The van der Waals surface area contributed by atoms with Gasteiger partial charge >= 0.3 is 12.1 Å². The molecule has 1 aliphatic heterocycles. The van der Waals surface area contributed by atoms with E-state index in [0.717, 1.165) is 0 Å². The van der Waals surface area contributed by atoms with Crippen LogP contribution in [0.15, 0.2) is 0 Å². The van der Waals surface area contributed by atoms with Crippen molar-refractivity contribution >= 4 is 23.9 Å². The molecule has 0 unspecified atom stereocenters. The van der Waals surface area contributed by atoms with E-state index in [0.29, 0.717) is 0 Å². The highest BCUT2D eigenvalue weighted by molar-refractivity contribution is 6.01. The van der Waals surface area contributed by atoms with Gasteiger partial charge in [0.1, 0.15) is 0 Å². The molecule has 5 N–H and O–H groups in total. The lowest BCUT2D eigenvalue weighted by atomic mass is 10.7. The predicted octanol–water partition coefficient (Wildman–Crippen LogP) is -1.97. The predicted molar refractivity (Wildman–Crippen MR) is 44.9 cm³/mol. The SMILES string of the molecule is CC(=O)NC(N)=O.O=C1CNC(=O)N1. The molecule has 8 nitrogen and oxygen atoms in total. The fourth-order valence-electron chi connectivity index (χ4n) is 0.549. The number of carbonyl (C=O) groups excluding carboxylic acids is 4. The average Bonchev–Trinajstić information content (AvgIpc) is 2.32. The Kier molecular flexibility index (Phi) is 4.68. The van der Waals surface area contributed by atoms with E-state index < -0.39 is 18.0 Å². The largest absolute Gasteiger partial charge is 0.351 e. The fraction of sp³-hybridized carbons (Fsp3) is 0.333. The fourth-order valence-corrected chi connectivity index (χ4v) is 0.549. The van der Waals surface area contributed by atoms with Crippen molar-refractivity contribution in [2.24, 2.45) is 5.73 Å². The van der Waals surface area contributed by atoms with Crippen LogP contribution in [0.4, 0.5) is 9.59 Å². The quantitative estimate of drug-likeness (QED) is 0.339. The topological polar surface area (TPSA) is 130 Å². The molecule has 0 atom stereocenters. The maximum Gasteiger partial charge on any atom is 0.321 e. The Morgan fingerprint density at radius 3 is 2.07 bits per heavy atom. The minimum absolute atomic E-state index is 0.124. The molecule has 78 valence electrons. The first-order valence-electron chi connectivity index (χ1n) is 3.56. The number of amides is 6. The Morgan fingerprint density at radius 1 is 1.43 bits per heavy atom. The monoisotopic (exact) mass is 202 g/mol. The van der Waals surface area contributed by atoms with Gasteiger partial charge < -0.3 is 11.1 Å². The Hall–Kier alpha value is -2.12. The first-order chi connectivity index (χ1) is 6.41. The summed E-state index contributed by atoms with van der Waals surface area (Å²) in [5, 5.41) is 6.10. The number of urea groups is 2. The average molecular weight is 202 g/mol. The smallest absolute Gasteiger partial charge is 0.321 e. The zero-order valence-corrected chi connectivity index (χ0v) is 7.42. The summed E-state index contributed by atoms with van der Waals surface area (Å²) in [4.78, 5) is 39.6. The van der Waals surface area contributed by atoms with Gasteiger partial charge in [-0.05, 0) is 0 Å². The summed E-state index contributed by atoms with van der Waals surface area (Å²) in [5.41, 5.74) is 4.52. The second kappa shape index (κ2) is 5.51. The second-order valence-corrected chi connectivity index (χ2v) is 2.28. The molecular formula is C6H10N4O4. The highest BCUT2D eigenvalue weighted by Crippen LogP contribution is 1.73. The minimum Gasteiger partial charge on any atom is -0.351 e. The van der Waals surface area contributed by atoms with Gasteiger partial charge in [0.2, 0.25) is 11.8 Å². The molecule has 0 saturated carbocycles. The summed E-state index contributed by atoms with van der Waals surface area (Å²) in [5.74, 6) is -0.697. The van der Waals surface area contributed by atoms with E-state index in [4.69, 9.17) is 0 Å². The molecule has 0 bridgehead atoms. The van der Waals surface area contributed by atoms with E-state index in [1.54, 1.807) is 5.32 Å². The van der Waals surface area contributed by atoms with Crippen LogP contribution >= 0.6 is 0 Å². The van der Waals surface area contributed by atoms with Gasteiger partial charge in [-0.25, -0.2) is 9.59 Å². The number of carbonyl (C=O) groups is 4. The van der Waals surface area contributed by atoms with Gasteiger partial charge in [0.05, 0.1) is 6.54 Å². The van der Waals surface area contributed by atoms with Crippen LogP contribution in [-0.4, -0.2) is 30.4 Å². The van der Waals surface area contributed by atoms with Crippen molar-refractivity contribution in [3.8, 4) is 0 Å². The number of nitrogens with two attached hydrogens (primary N) is 1. The number of nitrogens with one attached hydrogen (secondary N) is 3. The summed E-state index contributed by atoms with van der Waals surface area (Å²) >= 11 is 0. The molecule has 0 radical (unpaired) electrons. The third kappa shape index (κ3) is 6.58. The molecule has 1 saturated heterocycles. The van der Waals surface area contributed by atoms with E-state index in [9.17, 15) is 19.2 Å². The highest BCUT2D eigenvalue weighted by Gasteiger charge is 2.14. The number of hydrogen-bond acceptors (Lipinski definition) is 4. The van der Waals surface area contributed by atoms with Gasteiger partial charge in [-0.2, -0.15) is 0 Å². The van der Waals surface area contributed by atoms with Crippen molar-refractivity contribution in [3.63, 3.8) is 0 Å². The third-order valence-electron chi connectivity index (χ3n) is 0.962. The van der Waals surface area contributed by atoms with Crippen molar-refractivity contribution in [1.29, 1.82) is 0 Å². The zero-order chi connectivity index (χ0) is 11.1. The Morgan fingerprint density at radius 2 is 2.00 bits per heavy atom. The molecule has 6 amide bonds. The van der Waals surface area contributed by atoms with Crippen molar-refractivity contribution in [3.05, 3.63) is 0 Å². The first-order valence-corrected chi connectivity index (χ1v) is 3.56. The second-order valence-electron chi connectivity index (χ2n) is 2.28. The summed E-state index contributed by atoms with van der Waals surface area (Å²) in [6, 6.07) is -1.21. The van der Waals surface area contributed by atoms with Gasteiger partial charge in [0, 0.05) is 6.92 Å². The normalized spacial score (nSPS) is 13.2. The van der Waals surface area contributed by atoms with Crippen LogP contribution in [0.2, 0.25) is 0 Å². The summed E-state index contributed by atoms with van der Waals surface area (Å²) < 4.78 is 0. The van der Waals surface area contributed by atoms with Crippen LogP contribution in [-0.2, 0) is 9.59 Å². The van der Waals surface area contributed by atoms with Crippen LogP contribution in [0.5, 0.6) is 0 Å². The van der Waals surface area contributed by atoms with E-state index in [1.807, 2.05) is 5.32 Å². The molecule has 0 aromatic heterocycles. The Balaban J connectivity index is 0.000000241. The van der Waals surface area contributed by atoms with Gasteiger partial charge in [0.15, 0.2) is 0 Å². The standard InChI is InChI=1S/C3H4N2O2.C3H6N2O2/c6-2-1-4-3(7)5-2;1-2(6)5-3(4)7/h1H2,(H2,4,5,6,7);1H3,(H3,4,5,6,7). The lowest BCUT2D eigenvalue weighted by Crippen LogP contribution is -2.32. The van der Waals surface area contributed by atoms with Crippen LogP contribution in [0.1, 0.15) is 6.92 Å². The molecule has 0 aromatic carbocycles. The molecule has 1 fully saturated rings. The van der Waals surface area contributed by atoms with E-state index >= 15 is 0 Å². The van der Waals surface area contributed by atoms with Gasteiger partial charge in [0.25, 0.3) is 0 Å². The van der Waals surface area contributed by atoms with Crippen LogP contribution in [0.3, 0.4) is 0 Å². The molecule has 0 aliphatic carbocycles. The lowest BCUT2D eigenvalue weighted by molar-refractivity contribution is -0.118. The Bertz CT molecular complexity index is 249. The first kappa shape index (κ1) is 11.9. The van der Waals surface area contributed by atoms with Gasteiger partial charge in [-0.1, -0.05) is 0 Å². The van der Waals surface area contributed by atoms with Crippen molar-refractivity contribution in [2.45, 2.75) is 6.92 Å². The third-order valence-corrected chi connectivity index (χ3v) is 0.962. The van der Waals surface area contributed by atoms with Crippen molar-refractivity contribution in [2.75, 3.05) is 6.54 Å². The molecule has 0 spiro atoms. The molecule has 1 aliphatic rings. The summed E-state index contributed by atoms with van der Waals surface area (Å²) in [6.07, 6.45) is 0. The Labute approximate surface area is 79.2 Å². The van der Waals surface area contributed by atoms with Crippen molar-refractivity contribution in [1.82, 2.24) is 16.0 Å². The van der Waals surface area contributed by atoms with Crippen molar-refractivity contribution < 1.29 is 19.2 Å². The molecule has 1 rings (SSSR count). The number of hydrogen-bond donors (Lipinski definition) is 4. The van der Waals surface area contributed by atoms with Crippen LogP contribution < -0.4 is 21.7 Å². The lowest BCUT2D eigenvalue weighted by Gasteiger charge is -1.88. The molecule has 1 heterocycles. The number of primary amides is 1. The summed E-state index contributed by atoms with van der Waals surface area (Å²) in [6.45, 7) is 1.34. The number of imide groups is 2. The molecule has 8 heteroatoms. The summed E-state index contributed by atoms with van der Waals surface area (Å²) in [7, 11) is 0. The highest BCUT2D eigenvalue weighted by atomic mass is 16.2. The number of rotatable bonds is 0. The maximum atomic E-state index is 10.1. The van der Waals surface area contributed by atoms with Gasteiger partial charge in [-0.15, -0.1) is 0 Å². The van der Waals surface area contributed by atoms with Crippen LogP contribution in [0.25, 0.3) is 0 Å². The zero-order valence-electron chi connectivity index (χ0n) is 7.42. The molecule has 0 aromatic rings. The van der Waals surface area contributed by atoms with Gasteiger partial charge in [-0.3, -0.25) is 20.2 Å². The minimum atomic E-state index is -0.812. The van der Waals surface area contributed by atoms with E-state index in [2.05, 4.69) is 11.1 Å². The molecule has 14 heavy (non-hydrogen) atoms. The van der Waals surface area contributed by atoms with E-state index in [1.165, 1.54) is 6.92 Å². The molecular weight excluding hydrogens is 192 g/mol.